The van der Waals surface area contributed by atoms with Crippen molar-refractivity contribution in [2.45, 2.75) is 6.92 Å². The number of nitrogens with one attached hydrogen (secondary N) is 1. The average Bonchev–Trinajstić information content (AvgIpc) is 3.09. The zero-order valence-corrected chi connectivity index (χ0v) is 16.0. The van der Waals surface area contributed by atoms with E-state index in [0.717, 1.165) is 28.0 Å². The fourth-order valence-corrected chi connectivity index (χ4v) is 4.53. The Morgan fingerprint density at radius 2 is 1.75 bits per heavy atom. The molecule has 0 aliphatic carbocycles. The molecule has 2 N–H and O–H groups in total. The van der Waals surface area contributed by atoms with Crippen LogP contribution < -0.4 is 10.9 Å². The first kappa shape index (κ1) is 18.0. The Morgan fingerprint density at radius 3 is 2.46 bits per heavy atom. The van der Waals surface area contributed by atoms with E-state index in [0.29, 0.717) is 22.6 Å². The molecule has 5 nitrogen and oxygen atoms in total. The highest BCUT2D eigenvalue weighted by Gasteiger charge is 2.22. The van der Waals surface area contributed by atoms with Crippen LogP contribution in [0.25, 0.3) is 27.0 Å². The Bertz CT molecular complexity index is 1230. The van der Waals surface area contributed by atoms with Crippen molar-refractivity contribution in [2.24, 2.45) is 0 Å². The largest absolute Gasteiger partial charge is 0.477 e. The van der Waals surface area contributed by atoms with Crippen LogP contribution in [0.15, 0.2) is 71.5 Å². The Morgan fingerprint density at radius 1 is 1.04 bits per heavy atom. The third kappa shape index (κ3) is 2.97. The van der Waals surface area contributed by atoms with Crippen LogP contribution in [-0.4, -0.2) is 22.2 Å². The average molecular weight is 390 g/mol. The number of nitrogens with zero attached hydrogens (tertiary/aromatic N) is 1. The van der Waals surface area contributed by atoms with Crippen molar-refractivity contribution in [3.63, 3.8) is 0 Å². The fraction of sp³-hybridized carbons (Fsp3) is 0.0909. The second-order valence-corrected chi connectivity index (χ2v) is 7.25. The molecule has 0 saturated carbocycles. The molecule has 0 saturated heterocycles. The van der Waals surface area contributed by atoms with Gasteiger partial charge in [-0.25, -0.2) is 4.79 Å². The summed E-state index contributed by atoms with van der Waals surface area (Å²) in [5.41, 5.74) is 2.79. The number of hydrogen-bond donors (Lipinski definition) is 2. The number of aromatic carboxylic acids is 1. The number of pyridine rings is 1. The zero-order chi connectivity index (χ0) is 19.7. The predicted molar refractivity (Wildman–Crippen MR) is 114 cm³/mol. The van der Waals surface area contributed by atoms with E-state index >= 15 is 0 Å². The molecule has 2 aromatic heterocycles. The molecule has 0 fully saturated rings. The van der Waals surface area contributed by atoms with Crippen molar-refractivity contribution in [1.29, 1.82) is 0 Å². The minimum atomic E-state index is -1.00. The molecule has 6 heteroatoms. The van der Waals surface area contributed by atoms with Crippen molar-refractivity contribution < 1.29 is 9.90 Å². The van der Waals surface area contributed by atoms with Gasteiger partial charge in [0, 0.05) is 23.6 Å². The molecular weight excluding hydrogens is 372 g/mol. The lowest BCUT2D eigenvalue weighted by Gasteiger charge is -2.13. The van der Waals surface area contributed by atoms with Crippen molar-refractivity contribution in [2.75, 3.05) is 11.9 Å². The molecule has 4 rings (SSSR count). The van der Waals surface area contributed by atoms with Crippen LogP contribution >= 0.6 is 11.3 Å². The van der Waals surface area contributed by atoms with E-state index in [1.165, 1.54) is 6.07 Å². The first-order valence-electron chi connectivity index (χ1n) is 8.92. The number of para-hydroxylation sites is 2. The van der Waals surface area contributed by atoms with E-state index in [9.17, 15) is 14.7 Å². The molecule has 0 unspecified atom stereocenters. The number of rotatable bonds is 5. The van der Waals surface area contributed by atoms with Crippen LogP contribution in [0.3, 0.4) is 0 Å². The quantitative estimate of drug-likeness (QED) is 0.511. The number of fused-ring (bicyclic) bond motifs is 1. The summed E-state index contributed by atoms with van der Waals surface area (Å²) in [5, 5.41) is 13.8. The standard InChI is InChI=1S/C22H18N2O3S/c1-2-23-16-10-6-7-11-17(16)24-18(25)13-12-15-19(14-8-4-3-5-9-14)20(22(26)27)28-21(15)24/h3-13,23H,2H2,1H3,(H,26,27). The Kier molecular flexibility index (Phi) is 4.71. The number of carboxylic acids is 1. The monoisotopic (exact) mass is 390 g/mol. The summed E-state index contributed by atoms with van der Waals surface area (Å²) < 4.78 is 1.59. The van der Waals surface area contributed by atoms with E-state index < -0.39 is 5.97 Å². The summed E-state index contributed by atoms with van der Waals surface area (Å²) in [6, 6.07) is 20.2. The number of benzene rings is 2. The topological polar surface area (TPSA) is 71.3 Å². The SMILES string of the molecule is CCNc1ccccc1-n1c(=O)ccc2c(-c3ccccc3)c(C(=O)O)sc21. The number of thiophene rings is 1. The highest BCUT2D eigenvalue weighted by molar-refractivity contribution is 7.21. The molecule has 0 atom stereocenters. The van der Waals surface area contributed by atoms with E-state index in [2.05, 4.69) is 5.32 Å². The van der Waals surface area contributed by atoms with Gasteiger partial charge in [0.05, 0.1) is 11.4 Å². The molecule has 4 aromatic rings. The van der Waals surface area contributed by atoms with Crippen LogP contribution in [0, 0.1) is 0 Å². The smallest absolute Gasteiger partial charge is 0.346 e. The van der Waals surface area contributed by atoms with Gasteiger partial charge < -0.3 is 10.4 Å². The summed E-state index contributed by atoms with van der Waals surface area (Å²) in [7, 11) is 0. The van der Waals surface area contributed by atoms with Gasteiger partial charge in [-0.2, -0.15) is 0 Å². The third-order valence-electron chi connectivity index (χ3n) is 4.51. The fourth-order valence-electron chi connectivity index (χ4n) is 3.36. The van der Waals surface area contributed by atoms with Crippen molar-refractivity contribution >= 4 is 33.2 Å². The third-order valence-corrected chi connectivity index (χ3v) is 5.69. The summed E-state index contributed by atoms with van der Waals surface area (Å²) in [6.07, 6.45) is 0. The second-order valence-electron chi connectivity index (χ2n) is 6.25. The Hall–Kier alpha value is -3.38. The van der Waals surface area contributed by atoms with Crippen LogP contribution in [0.2, 0.25) is 0 Å². The maximum atomic E-state index is 12.8. The molecule has 0 aliphatic heterocycles. The van der Waals surface area contributed by atoms with Crippen molar-refractivity contribution in [3.05, 3.63) is 82.0 Å². The van der Waals surface area contributed by atoms with E-state index in [4.69, 9.17) is 0 Å². The highest BCUT2D eigenvalue weighted by atomic mass is 32.1. The minimum Gasteiger partial charge on any atom is -0.477 e. The van der Waals surface area contributed by atoms with E-state index in [1.807, 2.05) is 61.5 Å². The van der Waals surface area contributed by atoms with Gasteiger partial charge in [-0.05, 0) is 30.7 Å². The van der Waals surface area contributed by atoms with Gasteiger partial charge in [0.25, 0.3) is 5.56 Å². The molecule has 0 bridgehead atoms. The zero-order valence-electron chi connectivity index (χ0n) is 15.2. The van der Waals surface area contributed by atoms with Crippen molar-refractivity contribution in [1.82, 2.24) is 4.57 Å². The molecule has 0 radical (unpaired) electrons. The first-order chi connectivity index (χ1) is 13.6. The van der Waals surface area contributed by atoms with Gasteiger partial charge in [0.15, 0.2) is 0 Å². The first-order valence-corrected chi connectivity index (χ1v) is 9.74. The number of carbonyl (C=O) groups is 1. The molecule has 140 valence electrons. The molecule has 2 heterocycles. The number of aromatic nitrogens is 1. The second kappa shape index (κ2) is 7.32. The summed E-state index contributed by atoms with van der Waals surface area (Å²) in [4.78, 5) is 25.6. The summed E-state index contributed by atoms with van der Waals surface area (Å²) in [6.45, 7) is 2.70. The van der Waals surface area contributed by atoms with Crippen molar-refractivity contribution in [3.8, 4) is 16.8 Å². The lowest BCUT2D eigenvalue weighted by atomic mass is 10.0. The maximum absolute atomic E-state index is 12.8. The van der Waals surface area contributed by atoms with Crippen LogP contribution in [0.4, 0.5) is 5.69 Å². The molecule has 0 spiro atoms. The van der Waals surface area contributed by atoms with Gasteiger partial charge >= 0.3 is 5.97 Å². The van der Waals surface area contributed by atoms with Crippen LogP contribution in [-0.2, 0) is 0 Å². The Labute approximate surface area is 165 Å². The molecule has 0 amide bonds. The van der Waals surface area contributed by atoms with Gasteiger partial charge in [-0.15, -0.1) is 11.3 Å². The lowest BCUT2D eigenvalue weighted by molar-refractivity contribution is 0.0703. The Balaban J connectivity index is 2.09. The maximum Gasteiger partial charge on any atom is 0.346 e. The normalized spacial score (nSPS) is 10.9. The number of anilines is 1. The minimum absolute atomic E-state index is 0.198. The predicted octanol–water partition coefficient (Wildman–Crippen LogP) is 4.85. The molecular formula is C22H18N2O3S. The molecule has 28 heavy (non-hydrogen) atoms. The highest BCUT2D eigenvalue weighted by Crippen LogP contribution is 2.39. The van der Waals surface area contributed by atoms with Gasteiger partial charge in [0.2, 0.25) is 0 Å². The molecule has 0 aliphatic rings. The summed E-state index contributed by atoms with van der Waals surface area (Å²) in [5.74, 6) is -1.00. The number of hydrogen-bond acceptors (Lipinski definition) is 4. The van der Waals surface area contributed by atoms with Crippen LogP contribution in [0.5, 0.6) is 0 Å². The van der Waals surface area contributed by atoms with Crippen LogP contribution in [0.1, 0.15) is 16.6 Å². The van der Waals surface area contributed by atoms with E-state index in [1.54, 1.807) is 10.6 Å². The molecule has 2 aromatic carbocycles. The van der Waals surface area contributed by atoms with Gasteiger partial charge in [0.1, 0.15) is 9.71 Å². The van der Waals surface area contributed by atoms with E-state index in [-0.39, 0.29) is 10.4 Å². The number of carboxylic acid groups (broad SMARTS) is 1. The lowest BCUT2D eigenvalue weighted by Crippen LogP contribution is -2.18. The summed E-state index contributed by atoms with van der Waals surface area (Å²) >= 11 is 1.12. The van der Waals surface area contributed by atoms with Gasteiger partial charge in [-0.3, -0.25) is 9.36 Å². The van der Waals surface area contributed by atoms with Gasteiger partial charge in [-0.1, -0.05) is 42.5 Å².